The lowest BCUT2D eigenvalue weighted by Crippen LogP contribution is -2.33. The highest BCUT2D eigenvalue weighted by atomic mass is 16.5. The lowest BCUT2D eigenvalue weighted by molar-refractivity contribution is 0.0384. The molecule has 0 fully saturated rings. The van der Waals surface area contributed by atoms with Crippen molar-refractivity contribution in [2.75, 3.05) is 19.8 Å². The van der Waals surface area contributed by atoms with Gasteiger partial charge in [-0.1, -0.05) is 70.9 Å². The van der Waals surface area contributed by atoms with E-state index in [9.17, 15) is 0 Å². The van der Waals surface area contributed by atoms with Gasteiger partial charge in [0.2, 0.25) is 0 Å². The number of hydrogen-bond acceptors (Lipinski definition) is 2. The normalized spacial score (nSPS) is 12.1. The molecule has 2 heteroatoms. The summed E-state index contributed by atoms with van der Waals surface area (Å²) in [5.41, 5.74) is 1.52. The molecule has 1 rings (SSSR count). The molecule has 0 saturated carbocycles. The van der Waals surface area contributed by atoms with Crippen LogP contribution in [0.25, 0.3) is 0 Å². The molecule has 0 spiro atoms. The molecule has 0 atom stereocenters. The molecule has 2 nitrogen and oxygen atoms in total. The minimum atomic E-state index is 0.181. The summed E-state index contributed by atoms with van der Waals surface area (Å²) < 4.78 is 5.91. The van der Waals surface area contributed by atoms with E-state index in [0.29, 0.717) is 5.92 Å². The van der Waals surface area contributed by atoms with Crippen LogP contribution >= 0.6 is 0 Å². The van der Waals surface area contributed by atoms with E-state index < -0.39 is 0 Å². The minimum Gasteiger partial charge on any atom is -0.381 e. The van der Waals surface area contributed by atoms with Gasteiger partial charge in [-0.3, -0.25) is 0 Å². The standard InChI is InChI=1S/C18H31NO/c1-5-16(6-2)13-20-15-18(3,4)14-19-12-17-10-8-7-9-11-17/h7-11,16,19H,5-6,12-15H2,1-4H3. The van der Waals surface area contributed by atoms with Gasteiger partial charge in [0.25, 0.3) is 0 Å². The Morgan fingerprint density at radius 3 is 2.35 bits per heavy atom. The smallest absolute Gasteiger partial charge is 0.0529 e. The summed E-state index contributed by atoms with van der Waals surface area (Å²) in [7, 11) is 0. The first kappa shape index (κ1) is 17.2. The molecule has 0 aliphatic heterocycles. The highest BCUT2D eigenvalue weighted by Crippen LogP contribution is 2.16. The average Bonchev–Trinajstić information content (AvgIpc) is 2.44. The van der Waals surface area contributed by atoms with Gasteiger partial charge in [0.05, 0.1) is 6.61 Å². The summed E-state index contributed by atoms with van der Waals surface area (Å²) in [6.07, 6.45) is 2.42. The van der Waals surface area contributed by atoms with Gasteiger partial charge in [-0.15, -0.1) is 0 Å². The predicted molar refractivity (Wildman–Crippen MR) is 86.8 cm³/mol. The Balaban J connectivity index is 2.20. The van der Waals surface area contributed by atoms with Crippen molar-refractivity contribution in [1.82, 2.24) is 5.32 Å². The topological polar surface area (TPSA) is 21.3 Å². The second-order valence-corrected chi connectivity index (χ2v) is 6.45. The third kappa shape index (κ3) is 7.06. The minimum absolute atomic E-state index is 0.181. The maximum Gasteiger partial charge on any atom is 0.0529 e. The molecule has 1 aromatic rings. The van der Waals surface area contributed by atoms with Crippen molar-refractivity contribution in [3.8, 4) is 0 Å². The van der Waals surface area contributed by atoms with Gasteiger partial charge in [0, 0.05) is 25.1 Å². The maximum atomic E-state index is 5.91. The molecule has 0 bridgehead atoms. The predicted octanol–water partition coefficient (Wildman–Crippen LogP) is 4.26. The quantitative estimate of drug-likeness (QED) is 0.690. The number of rotatable bonds is 10. The highest BCUT2D eigenvalue weighted by molar-refractivity contribution is 5.14. The fourth-order valence-corrected chi connectivity index (χ4v) is 2.22. The zero-order valence-corrected chi connectivity index (χ0v) is 13.6. The van der Waals surface area contributed by atoms with Crippen molar-refractivity contribution in [2.45, 2.75) is 47.1 Å². The van der Waals surface area contributed by atoms with Crippen LogP contribution in [0.2, 0.25) is 0 Å². The monoisotopic (exact) mass is 277 g/mol. The second-order valence-electron chi connectivity index (χ2n) is 6.45. The molecule has 0 aromatic heterocycles. The van der Waals surface area contributed by atoms with Crippen molar-refractivity contribution in [3.63, 3.8) is 0 Å². The molecule has 20 heavy (non-hydrogen) atoms. The molecular weight excluding hydrogens is 246 g/mol. The van der Waals surface area contributed by atoms with Crippen LogP contribution in [-0.2, 0) is 11.3 Å². The van der Waals surface area contributed by atoms with Gasteiger partial charge in [-0.2, -0.15) is 0 Å². The molecule has 1 N–H and O–H groups in total. The van der Waals surface area contributed by atoms with E-state index in [4.69, 9.17) is 4.74 Å². The summed E-state index contributed by atoms with van der Waals surface area (Å²) in [6, 6.07) is 10.5. The molecule has 0 unspecified atom stereocenters. The maximum absolute atomic E-state index is 5.91. The molecule has 114 valence electrons. The third-order valence-corrected chi connectivity index (χ3v) is 3.78. The summed E-state index contributed by atoms with van der Waals surface area (Å²) in [4.78, 5) is 0. The van der Waals surface area contributed by atoms with E-state index in [1.807, 2.05) is 0 Å². The zero-order valence-electron chi connectivity index (χ0n) is 13.6. The molecule has 0 amide bonds. The summed E-state index contributed by atoms with van der Waals surface area (Å²) in [5, 5.41) is 3.53. The number of benzene rings is 1. The Labute approximate surface area is 124 Å². The van der Waals surface area contributed by atoms with Gasteiger partial charge in [0.15, 0.2) is 0 Å². The van der Waals surface area contributed by atoms with Crippen LogP contribution in [-0.4, -0.2) is 19.8 Å². The first-order valence-electron chi connectivity index (χ1n) is 7.89. The van der Waals surface area contributed by atoms with Crippen LogP contribution in [0, 0.1) is 11.3 Å². The van der Waals surface area contributed by atoms with Crippen molar-refractivity contribution in [1.29, 1.82) is 0 Å². The molecule has 0 aliphatic rings. The molecule has 0 heterocycles. The zero-order chi connectivity index (χ0) is 14.8. The largest absolute Gasteiger partial charge is 0.381 e. The number of ether oxygens (including phenoxy) is 1. The van der Waals surface area contributed by atoms with E-state index in [2.05, 4.69) is 63.3 Å². The van der Waals surface area contributed by atoms with Crippen LogP contribution in [0.4, 0.5) is 0 Å². The Kier molecular flexibility index (Phi) is 7.86. The number of nitrogens with one attached hydrogen (secondary N) is 1. The fraction of sp³-hybridized carbons (Fsp3) is 0.667. The number of hydrogen-bond donors (Lipinski definition) is 1. The SMILES string of the molecule is CCC(CC)COCC(C)(C)CNCc1ccccc1. The van der Waals surface area contributed by atoms with Crippen molar-refractivity contribution in [2.24, 2.45) is 11.3 Å². The summed E-state index contributed by atoms with van der Waals surface area (Å²) >= 11 is 0. The van der Waals surface area contributed by atoms with Crippen LogP contribution in [0.5, 0.6) is 0 Å². The Hall–Kier alpha value is -0.860. The van der Waals surface area contributed by atoms with Crippen LogP contribution in [0.3, 0.4) is 0 Å². The van der Waals surface area contributed by atoms with Crippen LogP contribution in [0.15, 0.2) is 30.3 Å². The Morgan fingerprint density at radius 1 is 1.10 bits per heavy atom. The van der Waals surface area contributed by atoms with Crippen LogP contribution in [0.1, 0.15) is 46.1 Å². The summed E-state index contributed by atoms with van der Waals surface area (Å²) in [5.74, 6) is 0.711. The third-order valence-electron chi connectivity index (χ3n) is 3.78. The fourth-order valence-electron chi connectivity index (χ4n) is 2.22. The van der Waals surface area contributed by atoms with Gasteiger partial charge in [-0.05, 0) is 11.5 Å². The van der Waals surface area contributed by atoms with Gasteiger partial charge < -0.3 is 10.1 Å². The lowest BCUT2D eigenvalue weighted by Gasteiger charge is -2.26. The Morgan fingerprint density at radius 2 is 1.75 bits per heavy atom. The first-order valence-corrected chi connectivity index (χ1v) is 7.89. The van der Waals surface area contributed by atoms with Crippen molar-refractivity contribution < 1.29 is 4.74 Å². The van der Waals surface area contributed by atoms with Gasteiger partial charge in [-0.25, -0.2) is 0 Å². The molecule has 0 saturated heterocycles. The van der Waals surface area contributed by atoms with Crippen molar-refractivity contribution in [3.05, 3.63) is 35.9 Å². The second kappa shape index (κ2) is 9.15. The molecule has 0 radical (unpaired) electrons. The van der Waals surface area contributed by atoms with E-state index >= 15 is 0 Å². The highest BCUT2D eigenvalue weighted by Gasteiger charge is 2.18. The first-order chi connectivity index (χ1) is 9.57. The van der Waals surface area contributed by atoms with Crippen LogP contribution < -0.4 is 5.32 Å². The summed E-state index contributed by atoms with van der Waals surface area (Å²) in [6.45, 7) is 12.6. The lowest BCUT2D eigenvalue weighted by atomic mass is 9.94. The van der Waals surface area contributed by atoms with E-state index in [1.54, 1.807) is 0 Å². The van der Waals surface area contributed by atoms with Crippen molar-refractivity contribution >= 4 is 0 Å². The molecular formula is C18H31NO. The molecule has 1 aromatic carbocycles. The van der Waals surface area contributed by atoms with E-state index in [1.165, 1.54) is 18.4 Å². The van der Waals surface area contributed by atoms with Gasteiger partial charge in [0.1, 0.15) is 0 Å². The van der Waals surface area contributed by atoms with E-state index in [-0.39, 0.29) is 5.41 Å². The van der Waals surface area contributed by atoms with E-state index in [0.717, 1.165) is 26.3 Å². The average molecular weight is 277 g/mol. The Bertz CT molecular complexity index is 344. The molecule has 0 aliphatic carbocycles. The van der Waals surface area contributed by atoms with Gasteiger partial charge >= 0.3 is 0 Å².